The lowest BCUT2D eigenvalue weighted by Gasteiger charge is -2.33. The number of nitriles is 1. The summed E-state index contributed by atoms with van der Waals surface area (Å²) in [5.41, 5.74) is 0.362. The zero-order valence-corrected chi connectivity index (χ0v) is 19.4. The molecule has 1 aliphatic rings. The summed E-state index contributed by atoms with van der Waals surface area (Å²) in [5.74, 6) is 0.529. The molecular formula is C22H27N5O4S. The van der Waals surface area contributed by atoms with Crippen molar-refractivity contribution in [3.8, 4) is 11.9 Å². The van der Waals surface area contributed by atoms with Gasteiger partial charge in [0, 0.05) is 53.6 Å². The zero-order chi connectivity index (χ0) is 23.3. The Morgan fingerprint density at radius 2 is 1.88 bits per heavy atom. The fourth-order valence-electron chi connectivity index (χ4n) is 3.16. The number of piperidine rings is 1. The highest BCUT2D eigenvalue weighted by atomic mass is 32.2. The lowest BCUT2D eigenvalue weighted by atomic mass is 10.1. The van der Waals surface area contributed by atoms with E-state index in [1.165, 1.54) is 6.33 Å². The first-order valence-corrected chi connectivity index (χ1v) is 11.8. The molecule has 0 spiro atoms. The maximum absolute atomic E-state index is 12.2. The topological polar surface area (TPSA) is 117 Å². The van der Waals surface area contributed by atoms with Gasteiger partial charge in [0.15, 0.2) is 11.4 Å². The van der Waals surface area contributed by atoms with E-state index in [0.29, 0.717) is 42.3 Å². The van der Waals surface area contributed by atoms with E-state index in [1.807, 2.05) is 20.8 Å². The smallest absolute Gasteiger partial charge is 0.410 e. The standard InChI is InChI=1S/C22H27N5O4S/c1-22(2,3)31-21(28)27-11-9-16(10-12-27)30-20-18(13-23)19(24-14-25-20)26-15-5-7-17(8-6-15)32(4)29/h5-8,14,16H,9-12H2,1-4H3,(H,24,25,26). The number of likely N-dealkylation sites (tertiary alicyclic amines) is 1. The van der Waals surface area contributed by atoms with Crippen molar-refractivity contribution in [2.45, 2.75) is 50.2 Å². The summed E-state index contributed by atoms with van der Waals surface area (Å²) < 4.78 is 23.0. The summed E-state index contributed by atoms with van der Waals surface area (Å²) in [6, 6.07) is 9.16. The number of anilines is 2. The molecule has 1 atom stereocenters. The van der Waals surface area contributed by atoms with Crippen molar-refractivity contribution in [2.75, 3.05) is 24.7 Å². The van der Waals surface area contributed by atoms with Crippen LogP contribution in [0.2, 0.25) is 0 Å². The van der Waals surface area contributed by atoms with Gasteiger partial charge in [0.1, 0.15) is 24.1 Å². The third kappa shape index (κ3) is 6.17. The Labute approximate surface area is 190 Å². The van der Waals surface area contributed by atoms with Crippen molar-refractivity contribution in [1.29, 1.82) is 5.26 Å². The number of hydrogen-bond acceptors (Lipinski definition) is 8. The largest absolute Gasteiger partial charge is 0.473 e. The van der Waals surface area contributed by atoms with Crippen molar-refractivity contribution in [3.63, 3.8) is 0 Å². The fourth-order valence-corrected chi connectivity index (χ4v) is 3.68. The molecule has 1 aromatic carbocycles. The molecule has 0 aliphatic carbocycles. The number of rotatable bonds is 5. The molecule has 1 fully saturated rings. The van der Waals surface area contributed by atoms with Crippen LogP contribution >= 0.6 is 0 Å². The maximum Gasteiger partial charge on any atom is 0.410 e. The average molecular weight is 458 g/mol. The molecular weight excluding hydrogens is 430 g/mol. The van der Waals surface area contributed by atoms with Crippen LogP contribution in [-0.2, 0) is 15.5 Å². The lowest BCUT2D eigenvalue weighted by Crippen LogP contribution is -2.44. The third-order valence-electron chi connectivity index (χ3n) is 4.75. The van der Waals surface area contributed by atoms with E-state index < -0.39 is 16.4 Å². The summed E-state index contributed by atoms with van der Waals surface area (Å²) >= 11 is 0. The number of nitrogens with one attached hydrogen (secondary N) is 1. The first-order chi connectivity index (χ1) is 15.2. The molecule has 1 unspecified atom stereocenters. The van der Waals surface area contributed by atoms with Gasteiger partial charge in [-0.2, -0.15) is 5.26 Å². The summed E-state index contributed by atoms with van der Waals surface area (Å²) in [6.07, 6.45) is 3.65. The summed E-state index contributed by atoms with van der Waals surface area (Å²) in [7, 11) is -1.07. The first-order valence-electron chi connectivity index (χ1n) is 10.3. The monoisotopic (exact) mass is 457 g/mol. The number of carbonyl (C=O) groups is 1. The third-order valence-corrected chi connectivity index (χ3v) is 5.68. The molecule has 32 heavy (non-hydrogen) atoms. The number of amides is 1. The van der Waals surface area contributed by atoms with Gasteiger partial charge in [0.25, 0.3) is 0 Å². The Balaban J connectivity index is 1.65. The molecule has 1 N–H and O–H groups in total. The number of benzene rings is 1. The lowest BCUT2D eigenvalue weighted by molar-refractivity contribution is 0.0123. The van der Waals surface area contributed by atoms with E-state index in [4.69, 9.17) is 9.47 Å². The van der Waals surface area contributed by atoms with E-state index in [1.54, 1.807) is 35.4 Å². The van der Waals surface area contributed by atoms with Crippen molar-refractivity contribution in [2.24, 2.45) is 0 Å². The summed E-state index contributed by atoms with van der Waals surface area (Å²) in [4.78, 5) is 22.9. The highest BCUT2D eigenvalue weighted by molar-refractivity contribution is 7.84. The number of nitrogens with zero attached hydrogens (tertiary/aromatic N) is 4. The van der Waals surface area contributed by atoms with E-state index in [0.717, 1.165) is 0 Å². The summed E-state index contributed by atoms with van der Waals surface area (Å²) in [5, 5.41) is 12.8. The van der Waals surface area contributed by atoms with Gasteiger partial charge in [-0.3, -0.25) is 4.21 Å². The predicted molar refractivity (Wildman–Crippen MR) is 120 cm³/mol. The SMILES string of the molecule is CS(=O)c1ccc(Nc2ncnc(OC3CCN(C(=O)OC(C)(C)C)CC3)c2C#N)cc1. The number of carbonyl (C=O) groups excluding carboxylic acids is 1. The molecule has 2 aromatic rings. The normalized spacial score (nSPS) is 15.5. The van der Waals surface area contributed by atoms with Crippen LogP contribution < -0.4 is 10.1 Å². The van der Waals surface area contributed by atoms with Crippen LogP contribution in [0.4, 0.5) is 16.3 Å². The Hall–Kier alpha value is -3.19. The molecule has 0 saturated carbocycles. The first kappa shape index (κ1) is 23.5. The summed E-state index contributed by atoms with van der Waals surface area (Å²) in [6.45, 7) is 6.52. The van der Waals surface area contributed by atoms with Crippen molar-refractivity contribution < 1.29 is 18.5 Å². The second-order valence-electron chi connectivity index (χ2n) is 8.40. The molecule has 1 aliphatic heterocycles. The van der Waals surface area contributed by atoms with Crippen LogP contribution in [-0.4, -0.2) is 56.2 Å². The van der Waals surface area contributed by atoms with Crippen molar-refractivity contribution in [3.05, 3.63) is 36.2 Å². The minimum absolute atomic E-state index is 0.178. The van der Waals surface area contributed by atoms with Gasteiger partial charge in [-0.05, 0) is 45.0 Å². The van der Waals surface area contributed by atoms with Crippen LogP contribution in [0.15, 0.2) is 35.5 Å². The fraction of sp³-hybridized carbons (Fsp3) is 0.455. The average Bonchev–Trinajstić information content (AvgIpc) is 2.73. The highest BCUT2D eigenvalue weighted by Crippen LogP contribution is 2.27. The van der Waals surface area contributed by atoms with E-state index in [9.17, 15) is 14.3 Å². The Morgan fingerprint density at radius 3 is 2.44 bits per heavy atom. The Bertz CT molecular complexity index is 1020. The van der Waals surface area contributed by atoms with Crippen molar-refractivity contribution in [1.82, 2.24) is 14.9 Å². The van der Waals surface area contributed by atoms with Gasteiger partial charge in [0.2, 0.25) is 5.88 Å². The van der Waals surface area contributed by atoms with E-state index >= 15 is 0 Å². The van der Waals surface area contributed by atoms with Gasteiger partial charge >= 0.3 is 6.09 Å². The molecule has 2 heterocycles. The van der Waals surface area contributed by atoms with Crippen LogP contribution in [0.3, 0.4) is 0 Å². The van der Waals surface area contributed by atoms with Crippen LogP contribution in [0.25, 0.3) is 0 Å². The maximum atomic E-state index is 12.2. The molecule has 170 valence electrons. The molecule has 1 aromatic heterocycles. The Morgan fingerprint density at radius 1 is 1.22 bits per heavy atom. The quantitative estimate of drug-likeness (QED) is 0.724. The van der Waals surface area contributed by atoms with Gasteiger partial charge in [-0.25, -0.2) is 14.8 Å². The number of aromatic nitrogens is 2. The molecule has 1 saturated heterocycles. The zero-order valence-electron chi connectivity index (χ0n) is 18.6. The van der Waals surface area contributed by atoms with Crippen LogP contribution in [0.5, 0.6) is 5.88 Å². The highest BCUT2D eigenvalue weighted by Gasteiger charge is 2.28. The predicted octanol–water partition coefficient (Wildman–Crippen LogP) is 3.61. The van der Waals surface area contributed by atoms with E-state index in [-0.39, 0.29) is 23.6 Å². The number of ether oxygens (including phenoxy) is 2. The molecule has 0 radical (unpaired) electrons. The molecule has 9 nitrogen and oxygen atoms in total. The van der Waals surface area contributed by atoms with Crippen molar-refractivity contribution >= 4 is 28.4 Å². The second kappa shape index (κ2) is 9.96. The minimum atomic E-state index is -1.07. The van der Waals surface area contributed by atoms with E-state index in [2.05, 4.69) is 21.4 Å². The molecule has 0 bridgehead atoms. The second-order valence-corrected chi connectivity index (χ2v) is 9.78. The van der Waals surface area contributed by atoms with Gasteiger partial charge < -0.3 is 19.7 Å². The van der Waals surface area contributed by atoms with Crippen LogP contribution in [0, 0.1) is 11.3 Å². The minimum Gasteiger partial charge on any atom is -0.473 e. The number of hydrogen-bond donors (Lipinski definition) is 1. The molecule has 1 amide bonds. The molecule has 10 heteroatoms. The van der Waals surface area contributed by atoms with Crippen LogP contribution in [0.1, 0.15) is 39.2 Å². The molecule has 3 rings (SSSR count). The van der Waals surface area contributed by atoms with Gasteiger partial charge in [-0.1, -0.05) is 0 Å². The van der Waals surface area contributed by atoms with Gasteiger partial charge in [0.05, 0.1) is 0 Å². The van der Waals surface area contributed by atoms with Gasteiger partial charge in [-0.15, -0.1) is 0 Å². The Kier molecular flexibility index (Phi) is 7.30.